The highest BCUT2D eigenvalue weighted by molar-refractivity contribution is 5.31. The van der Waals surface area contributed by atoms with Crippen LogP contribution in [-0.4, -0.2) is 29.5 Å². The molecule has 0 saturated heterocycles. The molecule has 4 rings (SSSR count). The van der Waals surface area contributed by atoms with Gasteiger partial charge in [0.2, 0.25) is 0 Å². The van der Waals surface area contributed by atoms with Crippen LogP contribution in [0.2, 0.25) is 0 Å². The summed E-state index contributed by atoms with van der Waals surface area (Å²) in [6.07, 6.45) is 6.69. The van der Waals surface area contributed by atoms with Crippen molar-refractivity contribution in [2.45, 2.75) is 133 Å². The Morgan fingerprint density at radius 1 is 0.730 bits per heavy atom. The lowest BCUT2D eigenvalue weighted by atomic mass is 9.86. The molecule has 0 amide bonds. The molecule has 0 unspecified atom stereocenters. The van der Waals surface area contributed by atoms with Gasteiger partial charge in [0.1, 0.15) is 5.82 Å². The minimum atomic E-state index is 0. The van der Waals surface area contributed by atoms with E-state index < -0.39 is 0 Å². The predicted octanol–water partition coefficient (Wildman–Crippen LogP) is 8.22. The van der Waals surface area contributed by atoms with Crippen LogP contribution in [0.5, 0.6) is 0 Å². The maximum atomic E-state index is 4.43. The second kappa shape index (κ2) is 12.4. The molecule has 0 radical (unpaired) electrons. The minimum Gasteiger partial charge on any atom is -0.346 e. The molecule has 6 heteroatoms. The van der Waals surface area contributed by atoms with Crippen molar-refractivity contribution in [3.8, 4) is 0 Å². The van der Waals surface area contributed by atoms with Gasteiger partial charge in [0.05, 0.1) is 18.1 Å². The molecule has 1 aliphatic rings. The van der Waals surface area contributed by atoms with Crippen LogP contribution in [-0.2, 0) is 30.3 Å². The molecule has 1 saturated carbocycles. The van der Waals surface area contributed by atoms with E-state index in [0.717, 1.165) is 11.7 Å². The lowest BCUT2D eigenvalue weighted by Crippen LogP contribution is -2.13. The van der Waals surface area contributed by atoms with Crippen LogP contribution in [0.1, 0.15) is 136 Å². The van der Waals surface area contributed by atoms with Crippen LogP contribution in [0.4, 0.5) is 0 Å². The van der Waals surface area contributed by atoms with Crippen molar-refractivity contribution < 1.29 is 0 Å². The van der Waals surface area contributed by atoms with E-state index in [0.29, 0.717) is 0 Å². The summed E-state index contributed by atoms with van der Waals surface area (Å²) in [5.41, 5.74) is 8.48. The summed E-state index contributed by atoms with van der Waals surface area (Å²) in [6, 6.07) is 0. The van der Waals surface area contributed by atoms with Gasteiger partial charge in [-0.2, -0.15) is 10.2 Å². The SMILES string of the molecule is C.C.Cc1c(C(C)(C)C)cnn1C.Cc1nc(C(C)(C)C)c(C)[nH]1.Cn1ncc(C(C)(C)C)c1C1CC1. The van der Waals surface area contributed by atoms with E-state index in [1.54, 1.807) is 0 Å². The highest BCUT2D eigenvalue weighted by Crippen LogP contribution is 2.44. The standard InChI is InChI=1S/C11H18N2.2C9H16N2.2CH4/c1-11(2,3)9-7-12-13(4)10(9)8-5-6-8;1-7-8(9(2,3)4)6-10-11(7)5;1-6-8(9(3,4)5)11-7(2)10-6;;/h7-8H,5-6H2,1-4H3;6H,1-5H3;1-5H3,(H,10,11);2*1H4. The van der Waals surface area contributed by atoms with Gasteiger partial charge in [0, 0.05) is 42.5 Å². The zero-order chi connectivity index (χ0) is 26.9. The summed E-state index contributed by atoms with van der Waals surface area (Å²) in [5.74, 6) is 1.80. The van der Waals surface area contributed by atoms with Gasteiger partial charge in [-0.15, -0.1) is 0 Å². The number of H-pyrrole nitrogens is 1. The number of nitrogens with one attached hydrogen (secondary N) is 1. The molecular formula is C31H58N6. The summed E-state index contributed by atoms with van der Waals surface area (Å²) in [4.78, 5) is 7.63. The predicted molar refractivity (Wildman–Crippen MR) is 161 cm³/mol. The average molecular weight is 515 g/mol. The summed E-state index contributed by atoms with van der Waals surface area (Å²) in [5, 5.41) is 8.56. The van der Waals surface area contributed by atoms with E-state index in [4.69, 9.17) is 0 Å². The Bertz CT molecular complexity index is 1090. The van der Waals surface area contributed by atoms with Crippen molar-refractivity contribution in [2.75, 3.05) is 0 Å². The zero-order valence-electron chi connectivity index (χ0n) is 24.9. The molecule has 6 nitrogen and oxygen atoms in total. The first-order valence-electron chi connectivity index (χ1n) is 12.9. The third kappa shape index (κ3) is 9.15. The van der Waals surface area contributed by atoms with Gasteiger partial charge in [-0.05, 0) is 55.6 Å². The van der Waals surface area contributed by atoms with Crippen LogP contribution in [0.15, 0.2) is 12.4 Å². The summed E-state index contributed by atoms with van der Waals surface area (Å²) in [7, 11) is 4.04. The van der Waals surface area contributed by atoms with Crippen molar-refractivity contribution in [2.24, 2.45) is 14.1 Å². The third-order valence-electron chi connectivity index (χ3n) is 6.51. The fraction of sp³-hybridized carbons (Fsp3) is 0.710. The highest BCUT2D eigenvalue weighted by Gasteiger charge is 2.32. The maximum absolute atomic E-state index is 4.43. The first kappa shape index (κ1) is 34.6. The fourth-order valence-electron chi connectivity index (χ4n) is 4.44. The molecule has 1 N–H and O–H groups in total. The van der Waals surface area contributed by atoms with E-state index in [2.05, 4.69) is 108 Å². The van der Waals surface area contributed by atoms with E-state index in [1.165, 1.54) is 46.7 Å². The van der Waals surface area contributed by atoms with Crippen molar-refractivity contribution >= 4 is 0 Å². The molecule has 0 atom stereocenters. The Hall–Kier alpha value is -2.37. The minimum absolute atomic E-state index is 0. The number of aromatic nitrogens is 6. The van der Waals surface area contributed by atoms with Crippen LogP contribution < -0.4 is 0 Å². The third-order valence-corrected chi connectivity index (χ3v) is 6.51. The quantitative estimate of drug-likeness (QED) is 0.356. The molecule has 37 heavy (non-hydrogen) atoms. The molecule has 1 aliphatic carbocycles. The second-order valence-electron chi connectivity index (χ2n) is 13.2. The van der Waals surface area contributed by atoms with E-state index in [-0.39, 0.29) is 31.1 Å². The van der Waals surface area contributed by atoms with Crippen LogP contribution in [0.3, 0.4) is 0 Å². The average Bonchev–Trinajstić information content (AvgIpc) is 3.21. The fourth-order valence-corrected chi connectivity index (χ4v) is 4.44. The first-order valence-corrected chi connectivity index (χ1v) is 12.9. The maximum Gasteiger partial charge on any atom is 0.103 e. The lowest BCUT2D eigenvalue weighted by molar-refractivity contribution is 0.567. The Kier molecular flexibility index (Phi) is 11.7. The van der Waals surface area contributed by atoms with Crippen molar-refractivity contribution in [3.63, 3.8) is 0 Å². The Labute approximate surface area is 228 Å². The number of rotatable bonds is 1. The highest BCUT2D eigenvalue weighted by atomic mass is 15.3. The molecule has 0 aliphatic heterocycles. The molecule has 0 spiro atoms. The van der Waals surface area contributed by atoms with Gasteiger partial charge in [0.15, 0.2) is 0 Å². The number of hydrogen-bond donors (Lipinski definition) is 1. The number of hydrogen-bond acceptors (Lipinski definition) is 3. The summed E-state index contributed by atoms with van der Waals surface area (Å²) >= 11 is 0. The smallest absolute Gasteiger partial charge is 0.103 e. The van der Waals surface area contributed by atoms with Gasteiger partial charge in [-0.3, -0.25) is 9.36 Å². The van der Waals surface area contributed by atoms with E-state index in [9.17, 15) is 0 Å². The molecule has 3 aromatic rings. The molecule has 3 aromatic heterocycles. The Balaban J connectivity index is 0.000000515. The molecule has 0 bridgehead atoms. The van der Waals surface area contributed by atoms with Crippen LogP contribution >= 0.6 is 0 Å². The number of aryl methyl sites for hydroxylation is 4. The normalized spacial score (nSPS) is 13.5. The Morgan fingerprint density at radius 3 is 1.46 bits per heavy atom. The molecular weight excluding hydrogens is 456 g/mol. The Morgan fingerprint density at radius 2 is 1.19 bits per heavy atom. The van der Waals surface area contributed by atoms with Gasteiger partial charge in [-0.1, -0.05) is 77.2 Å². The van der Waals surface area contributed by atoms with Gasteiger partial charge >= 0.3 is 0 Å². The van der Waals surface area contributed by atoms with E-state index in [1.807, 2.05) is 31.0 Å². The topological polar surface area (TPSA) is 64.3 Å². The van der Waals surface area contributed by atoms with E-state index >= 15 is 0 Å². The van der Waals surface area contributed by atoms with Crippen LogP contribution in [0.25, 0.3) is 0 Å². The molecule has 1 fully saturated rings. The van der Waals surface area contributed by atoms with Gasteiger partial charge in [0.25, 0.3) is 0 Å². The first-order chi connectivity index (χ1) is 15.8. The van der Waals surface area contributed by atoms with Crippen molar-refractivity contribution in [3.05, 3.63) is 52.1 Å². The van der Waals surface area contributed by atoms with Crippen LogP contribution in [0, 0.1) is 20.8 Å². The molecule has 212 valence electrons. The number of imidazole rings is 1. The van der Waals surface area contributed by atoms with Gasteiger partial charge < -0.3 is 4.98 Å². The largest absolute Gasteiger partial charge is 0.346 e. The molecule has 0 aromatic carbocycles. The lowest BCUT2D eigenvalue weighted by Gasteiger charge is -2.19. The number of nitrogens with zero attached hydrogens (tertiary/aromatic N) is 5. The van der Waals surface area contributed by atoms with Gasteiger partial charge in [-0.25, -0.2) is 4.98 Å². The summed E-state index contributed by atoms with van der Waals surface area (Å²) in [6.45, 7) is 26.1. The monoisotopic (exact) mass is 514 g/mol. The molecule has 3 heterocycles. The summed E-state index contributed by atoms with van der Waals surface area (Å²) < 4.78 is 3.97. The number of aromatic amines is 1. The zero-order valence-corrected chi connectivity index (χ0v) is 24.9. The second-order valence-corrected chi connectivity index (χ2v) is 13.2. The van der Waals surface area contributed by atoms with Crippen molar-refractivity contribution in [1.82, 2.24) is 29.5 Å². The van der Waals surface area contributed by atoms with Crippen molar-refractivity contribution in [1.29, 1.82) is 0 Å².